The number of hydrogen-bond donors (Lipinski definition) is 1. The molecule has 0 bridgehead atoms. The Balaban J connectivity index is 2.13. The van der Waals surface area contributed by atoms with Crippen LogP contribution in [0.4, 0.5) is 5.82 Å². The predicted molar refractivity (Wildman–Crippen MR) is 66.0 cm³/mol. The molecular formula is C11H16BrN3. The molecule has 2 rings (SSSR count). The van der Waals surface area contributed by atoms with Gasteiger partial charge in [0.15, 0.2) is 0 Å². The predicted octanol–water partition coefficient (Wildman–Crippen LogP) is 1.94. The van der Waals surface area contributed by atoms with Crippen molar-refractivity contribution in [2.75, 3.05) is 24.5 Å². The van der Waals surface area contributed by atoms with E-state index in [4.69, 9.17) is 5.73 Å². The van der Waals surface area contributed by atoms with Crippen LogP contribution < -0.4 is 10.6 Å². The summed E-state index contributed by atoms with van der Waals surface area (Å²) < 4.78 is 1.07. The zero-order chi connectivity index (χ0) is 10.8. The van der Waals surface area contributed by atoms with Crippen molar-refractivity contribution < 1.29 is 0 Å². The highest BCUT2D eigenvalue weighted by Gasteiger charge is 2.22. The van der Waals surface area contributed by atoms with E-state index in [-0.39, 0.29) is 0 Å². The zero-order valence-electron chi connectivity index (χ0n) is 8.91. The molecule has 1 aliphatic heterocycles. The molecule has 1 aromatic heterocycles. The van der Waals surface area contributed by atoms with E-state index in [1.54, 1.807) is 0 Å². The van der Waals surface area contributed by atoms with E-state index in [9.17, 15) is 0 Å². The minimum atomic E-state index is 0.635. The second-order valence-corrected chi connectivity index (χ2v) is 4.93. The minimum absolute atomic E-state index is 0.635. The van der Waals surface area contributed by atoms with Gasteiger partial charge in [0, 0.05) is 17.6 Å². The van der Waals surface area contributed by atoms with Crippen LogP contribution in [-0.2, 0) is 0 Å². The van der Waals surface area contributed by atoms with Gasteiger partial charge >= 0.3 is 0 Å². The summed E-state index contributed by atoms with van der Waals surface area (Å²) in [4.78, 5) is 6.88. The van der Waals surface area contributed by atoms with E-state index in [0.29, 0.717) is 5.92 Å². The summed E-state index contributed by atoms with van der Waals surface area (Å²) in [6, 6.07) is 4.13. The van der Waals surface area contributed by atoms with Crippen molar-refractivity contribution in [3.05, 3.63) is 22.3 Å². The molecule has 1 aromatic rings. The smallest absolute Gasteiger partial charge is 0.128 e. The van der Waals surface area contributed by atoms with E-state index >= 15 is 0 Å². The third-order valence-corrected chi connectivity index (χ3v) is 3.79. The largest absolute Gasteiger partial charge is 0.356 e. The number of pyridine rings is 1. The molecule has 1 saturated heterocycles. The van der Waals surface area contributed by atoms with Crippen LogP contribution in [0.15, 0.2) is 16.6 Å². The summed E-state index contributed by atoms with van der Waals surface area (Å²) in [5.74, 6) is 1.71. The molecule has 0 aromatic carbocycles. The zero-order valence-corrected chi connectivity index (χ0v) is 10.5. The van der Waals surface area contributed by atoms with Crippen LogP contribution >= 0.6 is 15.9 Å². The SMILES string of the molecule is Cc1nc(N2CCC(CN)C2)ccc1Br. The van der Waals surface area contributed by atoms with E-state index < -0.39 is 0 Å². The minimum Gasteiger partial charge on any atom is -0.356 e. The number of aromatic nitrogens is 1. The second kappa shape index (κ2) is 4.49. The molecule has 15 heavy (non-hydrogen) atoms. The molecule has 82 valence electrons. The third kappa shape index (κ3) is 2.32. The fourth-order valence-electron chi connectivity index (χ4n) is 1.94. The van der Waals surface area contributed by atoms with Gasteiger partial charge in [-0.3, -0.25) is 0 Å². The summed E-state index contributed by atoms with van der Waals surface area (Å²) >= 11 is 3.46. The molecule has 0 spiro atoms. The van der Waals surface area contributed by atoms with Gasteiger partial charge < -0.3 is 10.6 Å². The lowest BCUT2D eigenvalue weighted by atomic mass is 10.1. The van der Waals surface area contributed by atoms with Crippen LogP contribution in [0.25, 0.3) is 0 Å². The quantitative estimate of drug-likeness (QED) is 0.893. The number of rotatable bonds is 2. The normalized spacial score (nSPS) is 21.0. The van der Waals surface area contributed by atoms with Crippen molar-refractivity contribution in [3.8, 4) is 0 Å². The fourth-order valence-corrected chi connectivity index (χ4v) is 2.16. The van der Waals surface area contributed by atoms with Gasteiger partial charge in [-0.05, 0) is 53.9 Å². The fraction of sp³-hybridized carbons (Fsp3) is 0.545. The highest BCUT2D eigenvalue weighted by Crippen LogP contribution is 2.24. The number of hydrogen-bond acceptors (Lipinski definition) is 3. The monoisotopic (exact) mass is 269 g/mol. The third-order valence-electron chi connectivity index (χ3n) is 2.95. The average molecular weight is 270 g/mol. The molecule has 4 heteroatoms. The number of aryl methyl sites for hydroxylation is 1. The first-order chi connectivity index (χ1) is 7.20. The van der Waals surface area contributed by atoms with E-state index in [0.717, 1.165) is 35.6 Å². The molecule has 0 aliphatic carbocycles. The van der Waals surface area contributed by atoms with Crippen molar-refractivity contribution in [1.29, 1.82) is 0 Å². The number of nitrogens with zero attached hydrogens (tertiary/aromatic N) is 2. The van der Waals surface area contributed by atoms with Gasteiger partial charge in [0.2, 0.25) is 0 Å². The highest BCUT2D eigenvalue weighted by atomic mass is 79.9. The van der Waals surface area contributed by atoms with Crippen molar-refractivity contribution in [3.63, 3.8) is 0 Å². The summed E-state index contributed by atoms with van der Waals surface area (Å²) in [6.45, 7) is 4.93. The van der Waals surface area contributed by atoms with Gasteiger partial charge in [0.25, 0.3) is 0 Å². The lowest BCUT2D eigenvalue weighted by Crippen LogP contribution is -2.23. The molecule has 3 nitrogen and oxygen atoms in total. The summed E-state index contributed by atoms with van der Waals surface area (Å²) in [7, 11) is 0. The Kier molecular flexibility index (Phi) is 3.26. The van der Waals surface area contributed by atoms with E-state index in [1.807, 2.05) is 6.92 Å². The summed E-state index contributed by atoms with van der Waals surface area (Å²) in [6.07, 6.45) is 1.19. The molecular weight excluding hydrogens is 254 g/mol. The lowest BCUT2D eigenvalue weighted by Gasteiger charge is -2.17. The molecule has 0 saturated carbocycles. The van der Waals surface area contributed by atoms with Gasteiger partial charge in [0.05, 0.1) is 5.69 Å². The molecule has 1 atom stereocenters. The first-order valence-corrected chi connectivity index (χ1v) is 6.08. The van der Waals surface area contributed by atoms with Crippen molar-refractivity contribution in [1.82, 2.24) is 4.98 Å². The maximum absolute atomic E-state index is 5.67. The maximum atomic E-state index is 5.67. The molecule has 1 fully saturated rings. The summed E-state index contributed by atoms with van der Waals surface area (Å²) in [5, 5.41) is 0. The van der Waals surface area contributed by atoms with Crippen molar-refractivity contribution in [2.45, 2.75) is 13.3 Å². The first kappa shape index (κ1) is 10.9. The first-order valence-electron chi connectivity index (χ1n) is 5.29. The van der Waals surface area contributed by atoms with Gasteiger partial charge in [-0.15, -0.1) is 0 Å². The lowest BCUT2D eigenvalue weighted by molar-refractivity contribution is 0.602. The van der Waals surface area contributed by atoms with Crippen LogP contribution in [0.2, 0.25) is 0 Å². The van der Waals surface area contributed by atoms with Crippen molar-refractivity contribution >= 4 is 21.7 Å². The molecule has 2 heterocycles. The Morgan fingerprint density at radius 1 is 1.60 bits per heavy atom. The second-order valence-electron chi connectivity index (χ2n) is 4.07. The van der Waals surface area contributed by atoms with Crippen LogP contribution in [0.5, 0.6) is 0 Å². The van der Waals surface area contributed by atoms with Crippen LogP contribution in [0, 0.1) is 12.8 Å². The van der Waals surface area contributed by atoms with Crippen molar-refractivity contribution in [2.24, 2.45) is 11.7 Å². The molecule has 0 amide bonds. The van der Waals surface area contributed by atoms with Crippen LogP contribution in [-0.4, -0.2) is 24.6 Å². The molecule has 1 aliphatic rings. The van der Waals surface area contributed by atoms with E-state index in [2.05, 4.69) is 37.9 Å². The highest BCUT2D eigenvalue weighted by molar-refractivity contribution is 9.10. The Morgan fingerprint density at radius 2 is 2.40 bits per heavy atom. The van der Waals surface area contributed by atoms with Gasteiger partial charge in [-0.2, -0.15) is 0 Å². The Hall–Kier alpha value is -0.610. The Bertz CT molecular complexity index is 354. The van der Waals surface area contributed by atoms with Gasteiger partial charge in [-0.1, -0.05) is 0 Å². The van der Waals surface area contributed by atoms with E-state index in [1.165, 1.54) is 6.42 Å². The van der Waals surface area contributed by atoms with Crippen LogP contribution in [0.1, 0.15) is 12.1 Å². The topological polar surface area (TPSA) is 42.2 Å². The van der Waals surface area contributed by atoms with Crippen LogP contribution in [0.3, 0.4) is 0 Å². The summed E-state index contributed by atoms with van der Waals surface area (Å²) in [5.41, 5.74) is 6.72. The number of nitrogens with two attached hydrogens (primary N) is 1. The Morgan fingerprint density at radius 3 is 3.00 bits per heavy atom. The molecule has 0 radical (unpaired) electrons. The standard InChI is InChI=1S/C11H16BrN3/c1-8-10(12)2-3-11(14-8)15-5-4-9(6-13)7-15/h2-3,9H,4-7,13H2,1H3. The number of halogens is 1. The average Bonchev–Trinajstić information content (AvgIpc) is 2.70. The van der Waals surface area contributed by atoms with Gasteiger partial charge in [-0.25, -0.2) is 4.98 Å². The molecule has 1 unspecified atom stereocenters. The molecule has 2 N–H and O–H groups in total. The number of anilines is 1. The van der Waals surface area contributed by atoms with Gasteiger partial charge in [0.1, 0.15) is 5.82 Å². The maximum Gasteiger partial charge on any atom is 0.128 e. The Labute approximate surface area is 98.8 Å².